The van der Waals surface area contributed by atoms with Gasteiger partial charge in [0, 0.05) is 25.0 Å². The first kappa shape index (κ1) is 12.8. The third-order valence-corrected chi connectivity index (χ3v) is 5.15. The molecule has 19 heavy (non-hydrogen) atoms. The summed E-state index contributed by atoms with van der Waals surface area (Å²) in [4.78, 5) is 2.68. The lowest BCUT2D eigenvalue weighted by molar-refractivity contribution is 0.0444. The summed E-state index contributed by atoms with van der Waals surface area (Å²) in [5.41, 5.74) is 2.86. The molecule has 0 N–H and O–H groups in total. The number of benzene rings is 1. The molecule has 1 saturated heterocycles. The van der Waals surface area contributed by atoms with Gasteiger partial charge in [0.1, 0.15) is 0 Å². The lowest BCUT2D eigenvalue weighted by Gasteiger charge is -2.27. The van der Waals surface area contributed by atoms with Crippen LogP contribution in [0.4, 0.5) is 0 Å². The van der Waals surface area contributed by atoms with E-state index in [4.69, 9.17) is 4.74 Å². The second kappa shape index (κ2) is 4.74. The maximum Gasteiger partial charge on any atom is 0.200 e. The van der Waals surface area contributed by atoms with Crippen LogP contribution in [0.2, 0.25) is 0 Å². The largest absolute Gasteiger partial charge is 0.379 e. The van der Waals surface area contributed by atoms with E-state index >= 15 is 0 Å². The van der Waals surface area contributed by atoms with E-state index < -0.39 is 9.84 Å². The Bertz CT molecular complexity index is 628. The molecule has 4 nitrogen and oxygen atoms in total. The zero-order valence-electron chi connectivity index (χ0n) is 10.9. The van der Waals surface area contributed by atoms with Gasteiger partial charge in [0.2, 0.25) is 9.84 Å². The van der Waals surface area contributed by atoms with Crippen molar-refractivity contribution in [1.82, 2.24) is 4.90 Å². The fourth-order valence-electron chi connectivity index (χ4n) is 2.58. The molecule has 2 heterocycles. The summed E-state index contributed by atoms with van der Waals surface area (Å²) in [7, 11) is -3.24. The molecule has 0 spiro atoms. The fourth-order valence-corrected chi connectivity index (χ4v) is 4.04. The van der Waals surface area contributed by atoms with Gasteiger partial charge in [0.25, 0.3) is 0 Å². The van der Waals surface area contributed by atoms with Crippen LogP contribution in [0.5, 0.6) is 0 Å². The summed E-state index contributed by atoms with van der Waals surface area (Å²) in [5, 5.41) is 1.42. The standard InChI is InChI=1S/C14H17NO3S/c1-11-2-3-14-13(8-11)12(10-19(14,16)17)9-15-4-6-18-7-5-15/h2-3,8,10H,4-7,9H2,1H3. The van der Waals surface area contributed by atoms with Gasteiger partial charge in [-0.25, -0.2) is 8.42 Å². The normalized spacial score (nSPS) is 22.1. The van der Waals surface area contributed by atoms with Crippen molar-refractivity contribution in [3.63, 3.8) is 0 Å². The highest BCUT2D eigenvalue weighted by Crippen LogP contribution is 2.34. The number of nitrogens with zero attached hydrogens (tertiary/aromatic N) is 1. The number of hydrogen-bond acceptors (Lipinski definition) is 4. The number of fused-ring (bicyclic) bond motifs is 1. The van der Waals surface area contributed by atoms with Crippen LogP contribution in [-0.2, 0) is 14.6 Å². The second-order valence-electron chi connectivity index (χ2n) is 5.08. The van der Waals surface area contributed by atoms with Crippen LogP contribution in [0, 0.1) is 6.92 Å². The molecule has 1 aromatic rings. The second-order valence-corrected chi connectivity index (χ2v) is 6.84. The Kier molecular flexibility index (Phi) is 3.20. The van der Waals surface area contributed by atoms with Gasteiger partial charge in [0.05, 0.1) is 18.1 Å². The molecule has 3 rings (SSSR count). The quantitative estimate of drug-likeness (QED) is 0.822. The molecule has 1 fully saturated rings. The van der Waals surface area contributed by atoms with E-state index in [-0.39, 0.29) is 0 Å². The van der Waals surface area contributed by atoms with Gasteiger partial charge >= 0.3 is 0 Å². The van der Waals surface area contributed by atoms with Crippen LogP contribution in [0.1, 0.15) is 11.1 Å². The number of aryl methyl sites for hydroxylation is 1. The first-order valence-electron chi connectivity index (χ1n) is 6.43. The van der Waals surface area contributed by atoms with Crippen molar-refractivity contribution in [2.24, 2.45) is 0 Å². The number of hydrogen-bond donors (Lipinski definition) is 0. The van der Waals surface area contributed by atoms with Crippen molar-refractivity contribution in [2.45, 2.75) is 11.8 Å². The lowest BCUT2D eigenvalue weighted by atomic mass is 10.0. The molecule has 0 aliphatic carbocycles. The highest BCUT2D eigenvalue weighted by Gasteiger charge is 2.28. The maximum atomic E-state index is 12.1. The number of ether oxygens (including phenoxy) is 1. The third kappa shape index (κ3) is 2.45. The Morgan fingerprint density at radius 1 is 1.26 bits per heavy atom. The molecule has 5 heteroatoms. The van der Waals surface area contributed by atoms with Crippen molar-refractivity contribution in [3.8, 4) is 0 Å². The van der Waals surface area contributed by atoms with E-state index in [0.29, 0.717) is 11.4 Å². The van der Waals surface area contributed by atoms with Crippen molar-refractivity contribution >= 4 is 15.4 Å². The summed E-state index contributed by atoms with van der Waals surface area (Å²) in [6.07, 6.45) is 0. The molecule has 0 saturated carbocycles. The van der Waals surface area contributed by atoms with Crippen LogP contribution >= 0.6 is 0 Å². The van der Waals surface area contributed by atoms with Gasteiger partial charge in [-0.05, 0) is 24.1 Å². The zero-order chi connectivity index (χ0) is 13.5. The molecule has 0 radical (unpaired) electrons. The molecule has 0 unspecified atom stereocenters. The monoisotopic (exact) mass is 279 g/mol. The highest BCUT2D eigenvalue weighted by molar-refractivity contribution is 7.95. The average Bonchev–Trinajstić information content (AvgIpc) is 2.62. The smallest absolute Gasteiger partial charge is 0.200 e. The topological polar surface area (TPSA) is 46.6 Å². The molecule has 0 amide bonds. The van der Waals surface area contributed by atoms with Crippen molar-refractivity contribution in [1.29, 1.82) is 0 Å². The molecule has 2 aliphatic rings. The summed E-state index contributed by atoms with van der Waals surface area (Å²) in [6.45, 7) is 5.83. The third-order valence-electron chi connectivity index (χ3n) is 3.58. The molecule has 1 aromatic carbocycles. The summed E-state index contributed by atoms with van der Waals surface area (Å²) < 4.78 is 29.5. The van der Waals surface area contributed by atoms with Crippen LogP contribution in [0.3, 0.4) is 0 Å². The minimum atomic E-state index is -3.24. The first-order chi connectivity index (χ1) is 9.06. The van der Waals surface area contributed by atoms with Gasteiger partial charge in [-0.2, -0.15) is 0 Å². The minimum absolute atomic E-state index is 0.446. The number of rotatable bonds is 2. The van der Waals surface area contributed by atoms with Crippen LogP contribution in [0.25, 0.3) is 5.57 Å². The van der Waals surface area contributed by atoms with Crippen molar-refractivity contribution < 1.29 is 13.2 Å². The highest BCUT2D eigenvalue weighted by atomic mass is 32.2. The molecule has 0 aromatic heterocycles. The molecular formula is C14H17NO3S. The predicted molar refractivity (Wildman–Crippen MR) is 73.6 cm³/mol. The Labute approximate surface area is 113 Å². The number of morpholine rings is 1. The number of sulfone groups is 1. The molecule has 0 atom stereocenters. The Morgan fingerprint density at radius 3 is 2.74 bits per heavy atom. The van der Waals surface area contributed by atoms with Gasteiger partial charge < -0.3 is 4.74 Å². The molecule has 0 bridgehead atoms. The van der Waals surface area contributed by atoms with Crippen molar-refractivity contribution in [2.75, 3.05) is 32.8 Å². The fraction of sp³-hybridized carbons (Fsp3) is 0.429. The first-order valence-corrected chi connectivity index (χ1v) is 7.98. The lowest BCUT2D eigenvalue weighted by Crippen LogP contribution is -2.37. The van der Waals surface area contributed by atoms with E-state index in [2.05, 4.69) is 4.90 Å². The van der Waals surface area contributed by atoms with E-state index in [1.54, 1.807) is 6.07 Å². The Hall–Kier alpha value is -1.17. The molecule has 102 valence electrons. The van der Waals surface area contributed by atoms with E-state index in [1.165, 1.54) is 5.41 Å². The minimum Gasteiger partial charge on any atom is -0.379 e. The van der Waals surface area contributed by atoms with Crippen LogP contribution in [0.15, 0.2) is 28.5 Å². The van der Waals surface area contributed by atoms with Gasteiger partial charge in [0.15, 0.2) is 0 Å². The SMILES string of the molecule is Cc1ccc2c(c1)C(CN1CCOCC1)=CS2(=O)=O. The maximum absolute atomic E-state index is 12.1. The summed E-state index contributed by atoms with van der Waals surface area (Å²) in [6, 6.07) is 5.52. The van der Waals surface area contributed by atoms with Crippen LogP contribution < -0.4 is 0 Å². The zero-order valence-corrected chi connectivity index (χ0v) is 11.7. The Balaban J connectivity index is 1.93. The van der Waals surface area contributed by atoms with Gasteiger partial charge in [-0.1, -0.05) is 17.7 Å². The van der Waals surface area contributed by atoms with Crippen LogP contribution in [-0.4, -0.2) is 46.2 Å². The molecule has 2 aliphatic heterocycles. The summed E-state index contributed by atoms with van der Waals surface area (Å²) >= 11 is 0. The average molecular weight is 279 g/mol. The van der Waals surface area contributed by atoms with E-state index in [1.807, 2.05) is 19.1 Å². The van der Waals surface area contributed by atoms with E-state index in [0.717, 1.165) is 43.0 Å². The Morgan fingerprint density at radius 2 is 2.00 bits per heavy atom. The summed E-state index contributed by atoms with van der Waals surface area (Å²) in [5.74, 6) is 0. The van der Waals surface area contributed by atoms with Gasteiger partial charge in [-0.15, -0.1) is 0 Å². The molecular weight excluding hydrogens is 262 g/mol. The van der Waals surface area contributed by atoms with Gasteiger partial charge in [-0.3, -0.25) is 4.90 Å². The van der Waals surface area contributed by atoms with Crippen molar-refractivity contribution in [3.05, 3.63) is 34.7 Å². The van der Waals surface area contributed by atoms with E-state index in [9.17, 15) is 8.42 Å². The predicted octanol–water partition coefficient (Wildman–Crippen LogP) is 1.46.